The summed E-state index contributed by atoms with van der Waals surface area (Å²) >= 11 is 1.49. The number of carbonyl (C=O) groups is 2. The van der Waals surface area contributed by atoms with Gasteiger partial charge in [0.2, 0.25) is 0 Å². The predicted octanol–water partition coefficient (Wildman–Crippen LogP) is 3.53. The van der Waals surface area contributed by atoms with Gasteiger partial charge in [-0.25, -0.2) is 0 Å². The molecule has 3 N–H and O–H groups in total. The van der Waals surface area contributed by atoms with E-state index in [1.165, 1.54) is 16.2 Å². The molecule has 0 fully saturated rings. The fourth-order valence-corrected chi connectivity index (χ4v) is 4.31. The van der Waals surface area contributed by atoms with Crippen molar-refractivity contribution < 1.29 is 9.59 Å². The number of anilines is 1. The Labute approximate surface area is 139 Å². The Kier molecular flexibility index (Phi) is 4.22. The van der Waals surface area contributed by atoms with E-state index in [-0.39, 0.29) is 5.91 Å². The summed E-state index contributed by atoms with van der Waals surface area (Å²) in [6.07, 6.45) is 2.91. The second-order valence-electron chi connectivity index (χ2n) is 6.24. The number of aryl methyl sites for hydroxylation is 2. The number of amides is 2. The van der Waals surface area contributed by atoms with Crippen molar-refractivity contribution in [2.45, 2.75) is 33.1 Å². The molecule has 2 amide bonds. The summed E-state index contributed by atoms with van der Waals surface area (Å²) in [5.41, 5.74) is 8.71. The van der Waals surface area contributed by atoms with Crippen molar-refractivity contribution in [2.75, 3.05) is 5.32 Å². The van der Waals surface area contributed by atoms with E-state index in [9.17, 15) is 9.59 Å². The molecule has 0 saturated heterocycles. The van der Waals surface area contributed by atoms with Gasteiger partial charge in [-0.2, -0.15) is 0 Å². The van der Waals surface area contributed by atoms with Crippen molar-refractivity contribution in [3.8, 4) is 0 Å². The van der Waals surface area contributed by atoms with Crippen molar-refractivity contribution in [3.63, 3.8) is 0 Å². The van der Waals surface area contributed by atoms with E-state index >= 15 is 0 Å². The van der Waals surface area contributed by atoms with Gasteiger partial charge in [0.1, 0.15) is 5.00 Å². The van der Waals surface area contributed by atoms with Gasteiger partial charge in [-0.05, 0) is 49.8 Å². The molecule has 3 rings (SSSR count). The Morgan fingerprint density at radius 3 is 2.83 bits per heavy atom. The van der Waals surface area contributed by atoms with E-state index in [1.807, 2.05) is 25.1 Å². The molecule has 0 saturated carbocycles. The number of nitrogens with one attached hydrogen (secondary N) is 1. The zero-order chi connectivity index (χ0) is 16.6. The highest BCUT2D eigenvalue weighted by molar-refractivity contribution is 7.17. The van der Waals surface area contributed by atoms with Crippen LogP contribution in [0, 0.1) is 12.8 Å². The molecule has 1 aromatic heterocycles. The molecule has 0 radical (unpaired) electrons. The summed E-state index contributed by atoms with van der Waals surface area (Å²) in [6, 6.07) is 7.38. The van der Waals surface area contributed by atoms with E-state index in [4.69, 9.17) is 5.73 Å². The van der Waals surface area contributed by atoms with Crippen molar-refractivity contribution in [1.82, 2.24) is 0 Å². The number of nitrogens with two attached hydrogens (primary N) is 1. The highest BCUT2D eigenvalue weighted by Gasteiger charge is 2.27. The number of rotatable bonds is 3. The molecule has 0 spiro atoms. The maximum atomic E-state index is 12.5. The fraction of sp³-hybridized carbons (Fsp3) is 0.333. The maximum Gasteiger partial charge on any atom is 0.256 e. The first-order chi connectivity index (χ1) is 11.0. The van der Waals surface area contributed by atoms with Crippen molar-refractivity contribution >= 4 is 28.2 Å². The van der Waals surface area contributed by atoms with Gasteiger partial charge in [-0.3, -0.25) is 9.59 Å². The van der Waals surface area contributed by atoms with Crippen LogP contribution in [-0.4, -0.2) is 11.8 Å². The van der Waals surface area contributed by atoms with Crippen LogP contribution in [0.4, 0.5) is 5.00 Å². The highest BCUT2D eigenvalue weighted by Crippen LogP contribution is 2.39. The van der Waals surface area contributed by atoms with Crippen molar-refractivity contribution in [2.24, 2.45) is 11.7 Å². The van der Waals surface area contributed by atoms with E-state index < -0.39 is 5.91 Å². The van der Waals surface area contributed by atoms with Gasteiger partial charge in [-0.15, -0.1) is 11.3 Å². The number of benzene rings is 1. The largest absolute Gasteiger partial charge is 0.365 e. The minimum Gasteiger partial charge on any atom is -0.365 e. The minimum absolute atomic E-state index is 0.206. The molecular weight excluding hydrogens is 308 g/mol. The molecule has 23 heavy (non-hydrogen) atoms. The summed E-state index contributed by atoms with van der Waals surface area (Å²) in [6.45, 7) is 4.12. The van der Waals surface area contributed by atoms with Crippen LogP contribution < -0.4 is 11.1 Å². The zero-order valence-electron chi connectivity index (χ0n) is 13.3. The lowest BCUT2D eigenvalue weighted by molar-refractivity contribution is 0.1000. The standard InChI is InChI=1S/C18H20N2O2S/c1-10-4-3-5-12(8-10)17(22)20-18-15(16(19)21)13-9-11(2)6-7-14(13)23-18/h3-5,8,11H,6-7,9H2,1-2H3,(H2,19,21)(H,20,22)/t11-/m1/s1. The summed E-state index contributed by atoms with van der Waals surface area (Å²) in [5.74, 6) is -0.130. The molecule has 2 aromatic rings. The van der Waals surface area contributed by atoms with Crippen LogP contribution in [0.15, 0.2) is 24.3 Å². The van der Waals surface area contributed by atoms with Crippen LogP contribution in [0.1, 0.15) is 50.1 Å². The van der Waals surface area contributed by atoms with Gasteiger partial charge in [0.15, 0.2) is 0 Å². The normalized spacial score (nSPS) is 16.7. The molecule has 0 bridgehead atoms. The minimum atomic E-state index is -0.462. The van der Waals surface area contributed by atoms with Crippen LogP contribution in [0.5, 0.6) is 0 Å². The molecule has 1 aliphatic rings. The van der Waals surface area contributed by atoms with Gasteiger partial charge in [0, 0.05) is 10.4 Å². The molecule has 5 heteroatoms. The molecule has 0 unspecified atom stereocenters. The summed E-state index contributed by atoms with van der Waals surface area (Å²) < 4.78 is 0. The quantitative estimate of drug-likeness (QED) is 0.904. The van der Waals surface area contributed by atoms with Crippen LogP contribution >= 0.6 is 11.3 Å². The van der Waals surface area contributed by atoms with E-state index in [0.29, 0.717) is 22.0 Å². The zero-order valence-corrected chi connectivity index (χ0v) is 14.1. The second-order valence-corrected chi connectivity index (χ2v) is 7.35. The number of carbonyl (C=O) groups excluding carboxylic acids is 2. The first-order valence-electron chi connectivity index (χ1n) is 7.78. The Hall–Kier alpha value is -2.14. The van der Waals surface area contributed by atoms with E-state index in [1.54, 1.807) is 6.07 Å². The molecule has 120 valence electrons. The second kappa shape index (κ2) is 6.16. The molecule has 0 aliphatic heterocycles. The molecule has 1 atom stereocenters. The van der Waals surface area contributed by atoms with Gasteiger partial charge < -0.3 is 11.1 Å². The van der Waals surface area contributed by atoms with Crippen LogP contribution in [-0.2, 0) is 12.8 Å². The predicted molar refractivity (Wildman–Crippen MR) is 93.2 cm³/mol. The molecule has 1 heterocycles. The van der Waals surface area contributed by atoms with Crippen LogP contribution in [0.25, 0.3) is 0 Å². The smallest absolute Gasteiger partial charge is 0.256 e. The van der Waals surface area contributed by atoms with Crippen LogP contribution in [0.2, 0.25) is 0 Å². The van der Waals surface area contributed by atoms with Gasteiger partial charge in [0.25, 0.3) is 11.8 Å². The molecule has 4 nitrogen and oxygen atoms in total. The Morgan fingerprint density at radius 1 is 1.35 bits per heavy atom. The highest BCUT2D eigenvalue weighted by atomic mass is 32.1. The molecule has 1 aromatic carbocycles. The van der Waals surface area contributed by atoms with Gasteiger partial charge in [-0.1, -0.05) is 24.6 Å². The number of hydrogen-bond acceptors (Lipinski definition) is 3. The van der Waals surface area contributed by atoms with Crippen molar-refractivity contribution in [1.29, 1.82) is 0 Å². The topological polar surface area (TPSA) is 72.2 Å². The average Bonchev–Trinajstić information content (AvgIpc) is 2.84. The van der Waals surface area contributed by atoms with Gasteiger partial charge >= 0.3 is 0 Å². The lowest BCUT2D eigenvalue weighted by Crippen LogP contribution is -2.19. The van der Waals surface area contributed by atoms with Crippen molar-refractivity contribution in [3.05, 3.63) is 51.4 Å². The number of fused-ring (bicyclic) bond motifs is 1. The number of primary amides is 1. The Bertz CT molecular complexity index is 779. The van der Waals surface area contributed by atoms with Gasteiger partial charge in [0.05, 0.1) is 5.56 Å². The monoisotopic (exact) mass is 328 g/mol. The SMILES string of the molecule is Cc1cccc(C(=O)Nc2sc3c(c2C(N)=O)C[C@H](C)CC3)c1. The van der Waals surface area contributed by atoms with Crippen LogP contribution in [0.3, 0.4) is 0 Å². The van der Waals surface area contributed by atoms with E-state index in [0.717, 1.165) is 30.4 Å². The summed E-state index contributed by atoms with van der Waals surface area (Å²) in [4.78, 5) is 25.6. The Balaban J connectivity index is 1.94. The first kappa shape index (κ1) is 15.7. The Morgan fingerprint density at radius 2 is 2.13 bits per heavy atom. The first-order valence-corrected chi connectivity index (χ1v) is 8.59. The number of hydrogen-bond donors (Lipinski definition) is 2. The third-order valence-corrected chi connectivity index (χ3v) is 5.47. The summed E-state index contributed by atoms with van der Waals surface area (Å²) in [5, 5.41) is 3.47. The molecular formula is C18H20N2O2S. The summed E-state index contributed by atoms with van der Waals surface area (Å²) in [7, 11) is 0. The fourth-order valence-electron chi connectivity index (χ4n) is 3.07. The molecule has 1 aliphatic carbocycles. The van der Waals surface area contributed by atoms with E-state index in [2.05, 4.69) is 12.2 Å². The maximum absolute atomic E-state index is 12.5. The third-order valence-electron chi connectivity index (χ3n) is 4.26. The number of thiophene rings is 1. The third kappa shape index (κ3) is 3.15. The lowest BCUT2D eigenvalue weighted by Gasteiger charge is -2.18. The lowest BCUT2D eigenvalue weighted by atomic mass is 9.87. The average molecular weight is 328 g/mol.